The Labute approximate surface area is 115 Å². The van der Waals surface area contributed by atoms with Gasteiger partial charge >= 0.3 is 5.57 Å². The number of ether oxygens (including phenoxy) is 1. The maximum absolute atomic E-state index is 13.6. The second kappa shape index (κ2) is 5.28. The van der Waals surface area contributed by atoms with Gasteiger partial charge in [-0.3, -0.25) is 0 Å². The zero-order valence-electron chi connectivity index (χ0n) is 9.64. The van der Waals surface area contributed by atoms with Crippen LogP contribution in [0.3, 0.4) is 0 Å². The Balaban J connectivity index is 2.42. The van der Waals surface area contributed by atoms with Crippen molar-refractivity contribution in [2.75, 3.05) is 0 Å². The SMILES string of the molecule is Fc1ccc(-c2cc(F)c(OC(F)(F)Cl)c(F)c2)cc1. The van der Waals surface area contributed by atoms with Gasteiger partial charge in [-0.05, 0) is 35.4 Å². The number of benzene rings is 2. The molecule has 0 amide bonds. The molecule has 0 unspecified atom stereocenters. The lowest BCUT2D eigenvalue weighted by Crippen LogP contribution is -2.17. The van der Waals surface area contributed by atoms with Crippen molar-refractivity contribution >= 4 is 11.6 Å². The topological polar surface area (TPSA) is 9.23 Å². The van der Waals surface area contributed by atoms with Gasteiger partial charge in [-0.2, -0.15) is 0 Å². The average molecular weight is 309 g/mol. The van der Waals surface area contributed by atoms with Crippen LogP contribution in [0.1, 0.15) is 0 Å². The summed E-state index contributed by atoms with van der Waals surface area (Å²) in [5.74, 6) is -4.48. The molecule has 0 aliphatic rings. The zero-order valence-corrected chi connectivity index (χ0v) is 10.4. The molecule has 0 spiro atoms. The van der Waals surface area contributed by atoms with Crippen molar-refractivity contribution in [2.45, 2.75) is 5.57 Å². The summed E-state index contributed by atoms with van der Waals surface area (Å²) in [7, 11) is 0. The standard InChI is InChI=1S/C13H6ClF5O/c14-13(18,19)20-12-10(16)5-8(6-11(12)17)7-1-3-9(15)4-2-7/h1-6H. The maximum atomic E-state index is 13.6. The summed E-state index contributed by atoms with van der Waals surface area (Å²) in [5, 5.41) is 0. The lowest BCUT2D eigenvalue weighted by molar-refractivity contribution is -0.100. The smallest absolute Gasteiger partial charge is 0.414 e. The van der Waals surface area contributed by atoms with Crippen LogP contribution >= 0.6 is 11.6 Å². The van der Waals surface area contributed by atoms with E-state index in [1.165, 1.54) is 12.1 Å². The molecule has 20 heavy (non-hydrogen) atoms. The van der Waals surface area contributed by atoms with Crippen LogP contribution in [0.25, 0.3) is 11.1 Å². The van der Waals surface area contributed by atoms with Crippen LogP contribution in [0.5, 0.6) is 5.75 Å². The molecule has 2 aromatic rings. The van der Waals surface area contributed by atoms with E-state index in [0.29, 0.717) is 5.56 Å². The number of rotatable bonds is 3. The lowest BCUT2D eigenvalue weighted by Gasteiger charge is -2.13. The molecule has 106 valence electrons. The molecule has 2 rings (SSSR count). The fraction of sp³-hybridized carbons (Fsp3) is 0.0769. The summed E-state index contributed by atoms with van der Waals surface area (Å²) in [5.41, 5.74) is -3.86. The Hall–Kier alpha value is -1.82. The molecule has 0 saturated heterocycles. The molecule has 0 aliphatic carbocycles. The number of halogens is 6. The summed E-state index contributed by atoms with van der Waals surface area (Å²) in [6, 6.07) is 6.36. The van der Waals surface area contributed by atoms with E-state index in [0.717, 1.165) is 24.3 Å². The van der Waals surface area contributed by atoms with Gasteiger partial charge in [-0.1, -0.05) is 12.1 Å². The van der Waals surface area contributed by atoms with E-state index in [-0.39, 0.29) is 5.56 Å². The number of alkyl halides is 3. The summed E-state index contributed by atoms with van der Waals surface area (Å²) in [4.78, 5) is 0. The molecule has 0 atom stereocenters. The minimum absolute atomic E-state index is 0.0465. The Kier molecular flexibility index (Phi) is 3.85. The molecule has 0 bridgehead atoms. The maximum Gasteiger partial charge on any atom is 0.487 e. The molecular weight excluding hydrogens is 303 g/mol. The largest absolute Gasteiger partial charge is 0.487 e. The monoisotopic (exact) mass is 308 g/mol. The highest BCUT2D eigenvalue weighted by molar-refractivity contribution is 6.20. The van der Waals surface area contributed by atoms with Gasteiger partial charge in [-0.25, -0.2) is 13.2 Å². The molecule has 0 aliphatic heterocycles. The van der Waals surface area contributed by atoms with Gasteiger partial charge in [0.2, 0.25) is 0 Å². The predicted molar refractivity (Wildman–Crippen MR) is 63.2 cm³/mol. The van der Waals surface area contributed by atoms with Gasteiger partial charge in [-0.15, -0.1) is 8.78 Å². The van der Waals surface area contributed by atoms with E-state index in [2.05, 4.69) is 16.3 Å². The van der Waals surface area contributed by atoms with Gasteiger partial charge < -0.3 is 4.74 Å². The van der Waals surface area contributed by atoms with E-state index < -0.39 is 28.8 Å². The van der Waals surface area contributed by atoms with Crippen molar-refractivity contribution in [1.29, 1.82) is 0 Å². The summed E-state index contributed by atoms with van der Waals surface area (Å²) >= 11 is 4.46. The molecule has 0 aromatic heterocycles. The molecule has 0 N–H and O–H groups in total. The highest BCUT2D eigenvalue weighted by Crippen LogP contribution is 2.33. The Morgan fingerprint density at radius 2 is 1.35 bits per heavy atom. The van der Waals surface area contributed by atoms with Crippen LogP contribution in [0, 0.1) is 17.5 Å². The van der Waals surface area contributed by atoms with Crippen LogP contribution in [0.2, 0.25) is 0 Å². The van der Waals surface area contributed by atoms with Crippen LogP contribution in [-0.2, 0) is 0 Å². The first kappa shape index (κ1) is 14.6. The van der Waals surface area contributed by atoms with Crippen LogP contribution in [-0.4, -0.2) is 5.57 Å². The third kappa shape index (κ3) is 3.39. The number of hydrogen-bond donors (Lipinski definition) is 0. The Bertz CT molecular complexity index is 599. The Morgan fingerprint density at radius 3 is 1.80 bits per heavy atom. The molecular formula is C13H6ClF5O. The minimum Gasteiger partial charge on any atom is -0.414 e. The highest BCUT2D eigenvalue weighted by Gasteiger charge is 2.31. The van der Waals surface area contributed by atoms with Crippen molar-refractivity contribution in [1.82, 2.24) is 0 Å². The quantitative estimate of drug-likeness (QED) is 0.576. The van der Waals surface area contributed by atoms with E-state index >= 15 is 0 Å². The Morgan fingerprint density at radius 1 is 0.850 bits per heavy atom. The van der Waals surface area contributed by atoms with Crippen molar-refractivity contribution in [3.63, 3.8) is 0 Å². The predicted octanol–water partition coefficient (Wildman–Crippen LogP) is 4.94. The van der Waals surface area contributed by atoms with Gasteiger partial charge in [0.05, 0.1) is 0 Å². The van der Waals surface area contributed by atoms with Crippen LogP contribution < -0.4 is 4.74 Å². The summed E-state index contributed by atoms with van der Waals surface area (Å²) < 4.78 is 68.4. The molecule has 0 heterocycles. The lowest BCUT2D eigenvalue weighted by atomic mass is 10.1. The highest BCUT2D eigenvalue weighted by atomic mass is 35.5. The van der Waals surface area contributed by atoms with Crippen molar-refractivity contribution in [3.05, 3.63) is 53.8 Å². The first-order valence-electron chi connectivity index (χ1n) is 5.27. The first-order chi connectivity index (χ1) is 9.26. The number of hydrogen-bond acceptors (Lipinski definition) is 1. The van der Waals surface area contributed by atoms with Crippen LogP contribution in [0.15, 0.2) is 36.4 Å². The average Bonchev–Trinajstić information content (AvgIpc) is 2.33. The van der Waals surface area contributed by atoms with Crippen molar-refractivity contribution in [3.8, 4) is 16.9 Å². The van der Waals surface area contributed by atoms with Gasteiger partial charge in [0, 0.05) is 11.6 Å². The molecule has 0 saturated carbocycles. The molecule has 1 nitrogen and oxygen atoms in total. The second-order valence-corrected chi connectivity index (χ2v) is 4.26. The van der Waals surface area contributed by atoms with E-state index in [9.17, 15) is 22.0 Å². The first-order valence-corrected chi connectivity index (χ1v) is 5.65. The van der Waals surface area contributed by atoms with Gasteiger partial charge in [0.1, 0.15) is 5.82 Å². The van der Waals surface area contributed by atoms with Gasteiger partial charge in [0.25, 0.3) is 0 Å². The van der Waals surface area contributed by atoms with E-state index in [1.807, 2.05) is 0 Å². The fourth-order valence-corrected chi connectivity index (χ4v) is 1.66. The third-order valence-electron chi connectivity index (χ3n) is 2.39. The molecule has 0 radical (unpaired) electrons. The fourth-order valence-electron chi connectivity index (χ4n) is 1.58. The summed E-state index contributed by atoms with van der Waals surface area (Å²) in [6.07, 6.45) is 0. The normalized spacial score (nSPS) is 11.5. The molecule has 2 aromatic carbocycles. The molecule has 0 fully saturated rings. The van der Waals surface area contributed by atoms with E-state index in [4.69, 9.17) is 0 Å². The molecule has 7 heteroatoms. The van der Waals surface area contributed by atoms with E-state index in [1.54, 1.807) is 0 Å². The van der Waals surface area contributed by atoms with Crippen molar-refractivity contribution < 1.29 is 26.7 Å². The minimum atomic E-state index is -4.22. The zero-order chi connectivity index (χ0) is 14.9. The summed E-state index contributed by atoms with van der Waals surface area (Å²) in [6.45, 7) is 0. The third-order valence-corrected chi connectivity index (χ3v) is 2.47. The van der Waals surface area contributed by atoms with Crippen molar-refractivity contribution in [2.24, 2.45) is 0 Å². The second-order valence-electron chi connectivity index (χ2n) is 3.82. The van der Waals surface area contributed by atoms with Crippen LogP contribution in [0.4, 0.5) is 22.0 Å². The van der Waals surface area contributed by atoms with Gasteiger partial charge in [0.15, 0.2) is 17.4 Å².